The summed E-state index contributed by atoms with van der Waals surface area (Å²) in [7, 11) is -3.20. The zero-order chi connectivity index (χ0) is 10.6. The Bertz CT molecular complexity index is 401. The second kappa shape index (κ2) is 4.41. The number of nitrogens with one attached hydrogen (secondary N) is 1. The summed E-state index contributed by atoms with van der Waals surface area (Å²) < 4.78 is 25.3. The molecule has 0 unspecified atom stereocenters. The maximum Gasteiger partial charge on any atom is 0.232 e. The van der Waals surface area contributed by atoms with Gasteiger partial charge in [0.25, 0.3) is 0 Å². The van der Waals surface area contributed by atoms with Crippen LogP contribution < -0.4 is 4.72 Å². The Morgan fingerprint density at radius 1 is 1.50 bits per heavy atom. The smallest absolute Gasteiger partial charge is 0.232 e. The highest BCUT2D eigenvalue weighted by atomic mass is 32.2. The van der Waals surface area contributed by atoms with E-state index in [2.05, 4.69) is 9.71 Å². The predicted octanol–water partition coefficient (Wildman–Crippen LogP) is 1.54. The van der Waals surface area contributed by atoms with E-state index in [1.165, 1.54) is 6.20 Å². The predicted molar refractivity (Wildman–Crippen MR) is 56.7 cm³/mol. The summed E-state index contributed by atoms with van der Waals surface area (Å²) >= 11 is 0. The summed E-state index contributed by atoms with van der Waals surface area (Å²) in [5, 5.41) is 0. The van der Waals surface area contributed by atoms with Crippen molar-refractivity contribution in [3.63, 3.8) is 0 Å². The van der Waals surface area contributed by atoms with Crippen molar-refractivity contribution in [1.29, 1.82) is 0 Å². The van der Waals surface area contributed by atoms with Crippen LogP contribution in [0.5, 0.6) is 0 Å². The largest absolute Gasteiger partial charge is 0.282 e. The average Bonchev–Trinajstić information content (AvgIpc) is 2.08. The van der Waals surface area contributed by atoms with Crippen LogP contribution in [0.1, 0.15) is 18.9 Å². The van der Waals surface area contributed by atoms with Crippen molar-refractivity contribution >= 4 is 15.7 Å². The third-order valence-corrected chi connectivity index (χ3v) is 3.25. The number of pyridine rings is 1. The second-order valence-electron chi connectivity index (χ2n) is 3.11. The number of rotatable bonds is 4. The molecule has 0 saturated carbocycles. The lowest BCUT2D eigenvalue weighted by atomic mass is 10.3. The van der Waals surface area contributed by atoms with Crippen LogP contribution >= 0.6 is 0 Å². The van der Waals surface area contributed by atoms with E-state index in [1.807, 2.05) is 13.8 Å². The quantitative estimate of drug-likeness (QED) is 0.827. The van der Waals surface area contributed by atoms with Crippen molar-refractivity contribution in [2.24, 2.45) is 0 Å². The monoisotopic (exact) mass is 214 g/mol. The highest BCUT2D eigenvalue weighted by molar-refractivity contribution is 7.92. The second-order valence-corrected chi connectivity index (χ2v) is 4.95. The van der Waals surface area contributed by atoms with Crippen molar-refractivity contribution in [3.8, 4) is 0 Å². The number of hydrogen-bond donors (Lipinski definition) is 1. The van der Waals surface area contributed by atoms with Crippen LogP contribution in [-0.4, -0.2) is 19.2 Å². The molecule has 0 aliphatic carbocycles. The Kier molecular flexibility index (Phi) is 3.46. The van der Waals surface area contributed by atoms with Gasteiger partial charge < -0.3 is 0 Å². The molecule has 14 heavy (non-hydrogen) atoms. The standard InChI is InChI=1S/C9H14N2O2S/c1-3-6-14(12,13)11-9-7-10-5-4-8(9)2/h4-5,7,11H,3,6H2,1-2H3. The van der Waals surface area contributed by atoms with E-state index in [0.29, 0.717) is 12.1 Å². The molecule has 0 spiro atoms. The van der Waals surface area contributed by atoms with Gasteiger partial charge in [-0.25, -0.2) is 8.42 Å². The van der Waals surface area contributed by atoms with Gasteiger partial charge in [-0.2, -0.15) is 0 Å². The molecule has 5 heteroatoms. The minimum atomic E-state index is -3.20. The Balaban J connectivity index is 2.84. The maximum absolute atomic E-state index is 11.4. The Hall–Kier alpha value is -1.10. The molecule has 0 atom stereocenters. The van der Waals surface area contributed by atoms with Gasteiger partial charge in [0.2, 0.25) is 10.0 Å². The molecule has 4 nitrogen and oxygen atoms in total. The molecule has 0 bridgehead atoms. The minimum Gasteiger partial charge on any atom is -0.282 e. The van der Waals surface area contributed by atoms with E-state index in [-0.39, 0.29) is 5.75 Å². The third-order valence-electron chi connectivity index (χ3n) is 1.78. The van der Waals surface area contributed by atoms with E-state index in [0.717, 1.165) is 5.56 Å². The summed E-state index contributed by atoms with van der Waals surface area (Å²) in [5.74, 6) is 0.140. The molecule has 1 aromatic rings. The average molecular weight is 214 g/mol. The fourth-order valence-corrected chi connectivity index (χ4v) is 2.25. The molecule has 0 aliphatic heterocycles. The Morgan fingerprint density at radius 2 is 2.21 bits per heavy atom. The van der Waals surface area contributed by atoms with Crippen LogP contribution in [0.15, 0.2) is 18.5 Å². The minimum absolute atomic E-state index is 0.140. The maximum atomic E-state index is 11.4. The normalized spacial score (nSPS) is 11.3. The van der Waals surface area contributed by atoms with Crippen LogP contribution in [-0.2, 0) is 10.0 Å². The van der Waals surface area contributed by atoms with Crippen LogP contribution in [0.4, 0.5) is 5.69 Å². The molecule has 0 aromatic carbocycles. The first-order valence-electron chi connectivity index (χ1n) is 4.46. The topological polar surface area (TPSA) is 59.1 Å². The number of anilines is 1. The number of aromatic nitrogens is 1. The summed E-state index contributed by atoms with van der Waals surface area (Å²) in [6, 6.07) is 1.77. The third kappa shape index (κ3) is 2.99. The highest BCUT2D eigenvalue weighted by Crippen LogP contribution is 2.13. The van der Waals surface area contributed by atoms with Crippen LogP contribution in [0.2, 0.25) is 0 Å². The van der Waals surface area contributed by atoms with Gasteiger partial charge in [-0.3, -0.25) is 9.71 Å². The Labute approximate surface area is 84.4 Å². The van der Waals surface area contributed by atoms with Gasteiger partial charge in [0.05, 0.1) is 17.6 Å². The van der Waals surface area contributed by atoms with E-state index < -0.39 is 10.0 Å². The fraction of sp³-hybridized carbons (Fsp3) is 0.444. The fourth-order valence-electron chi connectivity index (χ4n) is 1.06. The molecular formula is C9H14N2O2S. The van der Waals surface area contributed by atoms with Gasteiger partial charge in [0.15, 0.2) is 0 Å². The molecule has 0 amide bonds. The summed E-state index contributed by atoms with van der Waals surface area (Å²) in [5.41, 5.74) is 1.43. The molecule has 1 aromatic heterocycles. The van der Waals surface area contributed by atoms with Crippen molar-refractivity contribution in [2.75, 3.05) is 10.5 Å². The van der Waals surface area contributed by atoms with Crippen molar-refractivity contribution in [2.45, 2.75) is 20.3 Å². The van der Waals surface area contributed by atoms with E-state index in [9.17, 15) is 8.42 Å². The molecular weight excluding hydrogens is 200 g/mol. The molecule has 78 valence electrons. The lowest BCUT2D eigenvalue weighted by molar-refractivity contribution is 0.600. The molecule has 0 aliphatic rings. The van der Waals surface area contributed by atoms with Crippen molar-refractivity contribution in [1.82, 2.24) is 4.98 Å². The number of sulfonamides is 1. The molecule has 1 heterocycles. The Morgan fingerprint density at radius 3 is 2.79 bits per heavy atom. The van der Waals surface area contributed by atoms with Gasteiger partial charge in [0.1, 0.15) is 0 Å². The number of aryl methyl sites for hydroxylation is 1. The highest BCUT2D eigenvalue weighted by Gasteiger charge is 2.09. The van der Waals surface area contributed by atoms with Crippen molar-refractivity contribution in [3.05, 3.63) is 24.0 Å². The zero-order valence-corrected chi connectivity index (χ0v) is 9.13. The van der Waals surface area contributed by atoms with Crippen LogP contribution in [0, 0.1) is 6.92 Å². The van der Waals surface area contributed by atoms with Gasteiger partial charge in [-0.05, 0) is 25.0 Å². The lowest BCUT2D eigenvalue weighted by Crippen LogP contribution is -2.16. The molecule has 1 N–H and O–H groups in total. The first-order chi connectivity index (χ1) is 6.55. The number of hydrogen-bond acceptors (Lipinski definition) is 3. The van der Waals surface area contributed by atoms with Crippen molar-refractivity contribution < 1.29 is 8.42 Å². The number of nitrogens with zero attached hydrogens (tertiary/aromatic N) is 1. The van der Waals surface area contributed by atoms with E-state index in [1.54, 1.807) is 12.3 Å². The molecule has 0 saturated heterocycles. The first kappa shape index (κ1) is 11.0. The van der Waals surface area contributed by atoms with E-state index >= 15 is 0 Å². The SMILES string of the molecule is CCCS(=O)(=O)Nc1cnccc1C. The van der Waals surface area contributed by atoms with Crippen LogP contribution in [0.3, 0.4) is 0 Å². The summed E-state index contributed by atoms with van der Waals surface area (Å²) in [6.45, 7) is 3.67. The summed E-state index contributed by atoms with van der Waals surface area (Å²) in [4.78, 5) is 3.86. The van der Waals surface area contributed by atoms with Gasteiger partial charge in [-0.1, -0.05) is 6.92 Å². The van der Waals surface area contributed by atoms with Gasteiger partial charge >= 0.3 is 0 Å². The van der Waals surface area contributed by atoms with Crippen LogP contribution in [0.25, 0.3) is 0 Å². The molecule has 0 fully saturated rings. The van der Waals surface area contributed by atoms with Gasteiger partial charge in [-0.15, -0.1) is 0 Å². The lowest BCUT2D eigenvalue weighted by Gasteiger charge is -2.08. The molecule has 0 radical (unpaired) electrons. The summed E-state index contributed by atoms with van der Waals surface area (Å²) in [6.07, 6.45) is 3.75. The zero-order valence-electron chi connectivity index (χ0n) is 8.32. The first-order valence-corrected chi connectivity index (χ1v) is 6.11. The van der Waals surface area contributed by atoms with E-state index in [4.69, 9.17) is 0 Å². The van der Waals surface area contributed by atoms with Gasteiger partial charge in [0, 0.05) is 6.20 Å². The molecule has 1 rings (SSSR count).